The molecule has 0 aromatic carbocycles. The van der Waals surface area contributed by atoms with E-state index in [1.54, 1.807) is 18.3 Å². The Morgan fingerprint density at radius 3 is 2.85 bits per heavy atom. The Morgan fingerprint density at radius 1 is 1.46 bits per heavy atom. The third-order valence-electron chi connectivity index (χ3n) is 1.63. The zero-order chi connectivity index (χ0) is 9.47. The molecule has 0 saturated carbocycles. The van der Waals surface area contributed by atoms with E-state index in [4.69, 9.17) is 10.7 Å². The molecule has 2 heterocycles. The molecule has 68 valence electrons. The van der Waals surface area contributed by atoms with Crippen LogP contribution < -0.4 is 0 Å². The summed E-state index contributed by atoms with van der Waals surface area (Å²) in [6.07, 6.45) is 1.57. The number of H-pyrrole nitrogens is 1. The highest BCUT2D eigenvalue weighted by Crippen LogP contribution is 2.18. The summed E-state index contributed by atoms with van der Waals surface area (Å²) in [5, 5.41) is 0.699. The second-order valence-corrected chi connectivity index (χ2v) is 5.05. The maximum absolute atomic E-state index is 10.9. The predicted octanol–water partition coefficient (Wildman–Crippen LogP) is 1.49. The molecular formula is C7H5ClN2O2S. The summed E-state index contributed by atoms with van der Waals surface area (Å²) < 4.78 is 21.8. The third kappa shape index (κ3) is 1.52. The Hall–Kier alpha value is -1.07. The van der Waals surface area contributed by atoms with Crippen LogP contribution >= 0.6 is 10.7 Å². The number of aromatic amines is 1. The zero-order valence-electron chi connectivity index (χ0n) is 6.36. The van der Waals surface area contributed by atoms with Crippen molar-refractivity contribution in [1.82, 2.24) is 9.97 Å². The van der Waals surface area contributed by atoms with E-state index in [0.29, 0.717) is 5.65 Å². The summed E-state index contributed by atoms with van der Waals surface area (Å²) >= 11 is 0. The van der Waals surface area contributed by atoms with Gasteiger partial charge in [-0.25, -0.2) is 13.4 Å². The number of pyridine rings is 1. The first kappa shape index (κ1) is 8.52. The van der Waals surface area contributed by atoms with Crippen molar-refractivity contribution in [2.75, 3.05) is 0 Å². The van der Waals surface area contributed by atoms with Crippen molar-refractivity contribution in [1.29, 1.82) is 0 Å². The fraction of sp³-hybridized carbons (Fsp3) is 0. The lowest BCUT2D eigenvalue weighted by atomic mass is 10.3. The average molecular weight is 217 g/mol. The van der Waals surface area contributed by atoms with Crippen LogP contribution in [0.25, 0.3) is 11.0 Å². The number of hydrogen-bond acceptors (Lipinski definition) is 3. The number of hydrogen-bond donors (Lipinski definition) is 1. The van der Waals surface area contributed by atoms with Gasteiger partial charge < -0.3 is 4.98 Å². The van der Waals surface area contributed by atoms with Crippen molar-refractivity contribution in [3.05, 3.63) is 24.4 Å². The monoisotopic (exact) mass is 216 g/mol. The molecule has 0 aliphatic carbocycles. The summed E-state index contributed by atoms with van der Waals surface area (Å²) in [7, 11) is 1.46. The van der Waals surface area contributed by atoms with E-state index in [0.717, 1.165) is 5.39 Å². The van der Waals surface area contributed by atoms with Gasteiger partial charge >= 0.3 is 0 Å². The number of nitrogens with zero attached hydrogens (tertiary/aromatic N) is 1. The molecule has 0 amide bonds. The summed E-state index contributed by atoms with van der Waals surface area (Å²) in [5.74, 6) is 0. The lowest BCUT2D eigenvalue weighted by Gasteiger charge is -1.86. The summed E-state index contributed by atoms with van der Waals surface area (Å²) in [4.78, 5) is 6.54. The third-order valence-corrected chi connectivity index (χ3v) is 2.87. The molecule has 6 heteroatoms. The van der Waals surface area contributed by atoms with Gasteiger partial charge in [-0.2, -0.15) is 0 Å². The van der Waals surface area contributed by atoms with Crippen molar-refractivity contribution in [3.8, 4) is 0 Å². The zero-order valence-corrected chi connectivity index (χ0v) is 7.93. The molecule has 0 atom stereocenters. The van der Waals surface area contributed by atoms with Crippen LogP contribution in [-0.4, -0.2) is 18.4 Å². The normalized spacial score (nSPS) is 12.1. The smallest absolute Gasteiger partial charge is 0.276 e. The van der Waals surface area contributed by atoms with Gasteiger partial charge in [-0.05, 0) is 18.2 Å². The van der Waals surface area contributed by atoms with Gasteiger partial charge in [-0.3, -0.25) is 0 Å². The Morgan fingerprint density at radius 2 is 2.23 bits per heavy atom. The molecule has 2 aromatic heterocycles. The lowest BCUT2D eigenvalue weighted by Crippen LogP contribution is -1.89. The molecule has 2 rings (SSSR count). The highest BCUT2D eigenvalue weighted by molar-refractivity contribution is 8.13. The van der Waals surface area contributed by atoms with Crippen LogP contribution in [-0.2, 0) is 9.05 Å². The molecule has 0 spiro atoms. The molecule has 13 heavy (non-hydrogen) atoms. The number of fused-ring (bicyclic) bond motifs is 1. The van der Waals surface area contributed by atoms with Crippen LogP contribution in [0.4, 0.5) is 0 Å². The lowest BCUT2D eigenvalue weighted by molar-refractivity contribution is 0.607. The minimum atomic E-state index is -3.69. The SMILES string of the molecule is O=S(=O)(Cl)c1cc2cccnc2[nH]1. The largest absolute Gasteiger partial charge is 0.329 e. The standard InChI is InChI=1S/C7H5ClN2O2S/c8-13(11,12)6-4-5-2-1-3-9-7(5)10-6/h1-4H,(H,9,10). The van der Waals surface area contributed by atoms with E-state index >= 15 is 0 Å². The maximum atomic E-state index is 10.9. The van der Waals surface area contributed by atoms with Gasteiger partial charge in [0.25, 0.3) is 9.05 Å². The first-order valence-electron chi connectivity index (χ1n) is 3.46. The first-order valence-corrected chi connectivity index (χ1v) is 5.77. The molecule has 4 nitrogen and oxygen atoms in total. The Labute approximate surface area is 79.0 Å². The van der Waals surface area contributed by atoms with Gasteiger partial charge in [0.05, 0.1) is 0 Å². The van der Waals surface area contributed by atoms with Gasteiger partial charge in [0.2, 0.25) is 0 Å². The van der Waals surface area contributed by atoms with Crippen LogP contribution in [0.3, 0.4) is 0 Å². The number of aromatic nitrogens is 2. The van der Waals surface area contributed by atoms with Crippen LogP contribution in [0.5, 0.6) is 0 Å². The van der Waals surface area contributed by atoms with Crippen molar-refractivity contribution >= 4 is 30.8 Å². The Bertz CT molecular complexity index is 513. The van der Waals surface area contributed by atoms with Crippen molar-refractivity contribution in [2.45, 2.75) is 5.03 Å². The van der Waals surface area contributed by atoms with E-state index in [1.807, 2.05) is 0 Å². The van der Waals surface area contributed by atoms with Crippen LogP contribution in [0, 0.1) is 0 Å². The van der Waals surface area contributed by atoms with Gasteiger partial charge in [0.1, 0.15) is 5.65 Å². The fourth-order valence-electron chi connectivity index (χ4n) is 1.06. The van der Waals surface area contributed by atoms with E-state index in [-0.39, 0.29) is 5.03 Å². The molecule has 0 aliphatic rings. The molecule has 0 unspecified atom stereocenters. The van der Waals surface area contributed by atoms with E-state index in [9.17, 15) is 8.42 Å². The van der Waals surface area contributed by atoms with Gasteiger partial charge in [0, 0.05) is 22.3 Å². The first-order chi connectivity index (χ1) is 6.07. The second-order valence-electron chi connectivity index (χ2n) is 2.51. The number of halogens is 1. The molecule has 0 fully saturated rings. The van der Waals surface area contributed by atoms with Crippen LogP contribution in [0.1, 0.15) is 0 Å². The van der Waals surface area contributed by atoms with Crippen LogP contribution in [0.15, 0.2) is 29.4 Å². The van der Waals surface area contributed by atoms with Gasteiger partial charge in [-0.15, -0.1) is 0 Å². The Balaban J connectivity index is 2.77. The van der Waals surface area contributed by atoms with Gasteiger partial charge in [0.15, 0.2) is 5.03 Å². The van der Waals surface area contributed by atoms with Gasteiger partial charge in [-0.1, -0.05) is 0 Å². The highest BCUT2D eigenvalue weighted by atomic mass is 35.7. The summed E-state index contributed by atoms with van der Waals surface area (Å²) in [6, 6.07) is 4.93. The molecule has 2 aromatic rings. The second kappa shape index (κ2) is 2.71. The maximum Gasteiger partial charge on any atom is 0.276 e. The highest BCUT2D eigenvalue weighted by Gasteiger charge is 2.12. The van der Waals surface area contributed by atoms with E-state index in [2.05, 4.69) is 9.97 Å². The minimum Gasteiger partial charge on any atom is -0.329 e. The average Bonchev–Trinajstić information content (AvgIpc) is 2.45. The molecule has 0 saturated heterocycles. The van der Waals surface area contributed by atoms with Crippen molar-refractivity contribution in [3.63, 3.8) is 0 Å². The molecule has 1 N–H and O–H groups in total. The topological polar surface area (TPSA) is 62.8 Å². The molecule has 0 bridgehead atoms. The van der Waals surface area contributed by atoms with Crippen LogP contribution in [0.2, 0.25) is 0 Å². The quantitative estimate of drug-likeness (QED) is 0.735. The fourth-order valence-corrected chi connectivity index (χ4v) is 1.80. The molecule has 0 aliphatic heterocycles. The molecular weight excluding hydrogens is 212 g/mol. The van der Waals surface area contributed by atoms with E-state index in [1.165, 1.54) is 6.07 Å². The van der Waals surface area contributed by atoms with E-state index < -0.39 is 9.05 Å². The summed E-state index contributed by atoms with van der Waals surface area (Å²) in [6.45, 7) is 0. The summed E-state index contributed by atoms with van der Waals surface area (Å²) in [5.41, 5.74) is 0.515. The predicted molar refractivity (Wildman–Crippen MR) is 49.1 cm³/mol. The number of nitrogens with one attached hydrogen (secondary N) is 1. The molecule has 0 radical (unpaired) electrons. The Kier molecular flexibility index (Phi) is 1.78. The minimum absolute atomic E-state index is 0.0251. The van der Waals surface area contributed by atoms with Crippen molar-refractivity contribution in [2.24, 2.45) is 0 Å². The van der Waals surface area contributed by atoms with Crippen molar-refractivity contribution < 1.29 is 8.42 Å². The number of rotatable bonds is 1.